The van der Waals surface area contributed by atoms with E-state index < -0.39 is 5.97 Å². The van der Waals surface area contributed by atoms with Gasteiger partial charge in [-0.05, 0) is 6.07 Å². The van der Waals surface area contributed by atoms with Crippen molar-refractivity contribution in [3.63, 3.8) is 0 Å². The third kappa shape index (κ3) is 2.24. The second kappa shape index (κ2) is 4.88. The molecule has 0 unspecified atom stereocenters. The van der Waals surface area contributed by atoms with Gasteiger partial charge in [-0.3, -0.25) is 0 Å². The first-order valence-electron chi connectivity index (χ1n) is 5.15. The van der Waals surface area contributed by atoms with Crippen molar-refractivity contribution in [2.24, 2.45) is 5.73 Å². The van der Waals surface area contributed by atoms with Gasteiger partial charge in [0.15, 0.2) is 17.9 Å². The molecule has 0 radical (unpaired) electrons. The Hall–Kier alpha value is -2.01. The minimum atomic E-state index is -0.437. The number of benzene rings is 1. The lowest BCUT2D eigenvalue weighted by Crippen LogP contribution is -2.12. The number of nitrogens with two attached hydrogens (primary N) is 1. The van der Waals surface area contributed by atoms with Crippen LogP contribution < -0.4 is 10.5 Å². The second-order valence-electron chi connectivity index (χ2n) is 3.46. The minimum Gasteiger partial charge on any atom is -0.478 e. The highest BCUT2D eigenvalue weighted by Gasteiger charge is 2.11. The summed E-state index contributed by atoms with van der Waals surface area (Å²) >= 11 is 0. The van der Waals surface area contributed by atoms with E-state index in [1.165, 1.54) is 7.11 Å². The van der Waals surface area contributed by atoms with Crippen molar-refractivity contribution in [1.82, 2.24) is 0 Å². The van der Waals surface area contributed by atoms with Crippen molar-refractivity contribution in [3.05, 3.63) is 30.0 Å². The molecule has 2 N–H and O–H groups in total. The standard InChI is InChI=1S/C12H13NO4/c1-15-11(14)7-16-10-4-2-3-9-8(5-13)6-17-12(9)10/h2-4,6H,5,7,13H2,1H3. The van der Waals surface area contributed by atoms with E-state index in [1.54, 1.807) is 12.3 Å². The summed E-state index contributed by atoms with van der Waals surface area (Å²) in [5.41, 5.74) is 7.08. The molecule has 1 aromatic heterocycles. The number of carbonyl (C=O) groups is 1. The number of hydrogen-bond donors (Lipinski definition) is 1. The maximum Gasteiger partial charge on any atom is 0.343 e. The first-order valence-corrected chi connectivity index (χ1v) is 5.15. The predicted molar refractivity (Wildman–Crippen MR) is 61.6 cm³/mol. The van der Waals surface area contributed by atoms with Gasteiger partial charge in [-0.15, -0.1) is 0 Å². The fourth-order valence-electron chi connectivity index (χ4n) is 1.55. The van der Waals surface area contributed by atoms with Crippen LogP contribution in [0.25, 0.3) is 11.0 Å². The summed E-state index contributed by atoms with van der Waals surface area (Å²) in [6.45, 7) is 0.252. The van der Waals surface area contributed by atoms with Crippen molar-refractivity contribution in [2.75, 3.05) is 13.7 Å². The van der Waals surface area contributed by atoms with Crippen molar-refractivity contribution in [2.45, 2.75) is 6.54 Å². The summed E-state index contributed by atoms with van der Waals surface area (Å²) in [6, 6.07) is 5.45. The van der Waals surface area contributed by atoms with E-state index in [2.05, 4.69) is 4.74 Å². The third-order valence-electron chi connectivity index (χ3n) is 2.44. The smallest absolute Gasteiger partial charge is 0.343 e. The Kier molecular flexibility index (Phi) is 3.30. The van der Waals surface area contributed by atoms with E-state index >= 15 is 0 Å². The van der Waals surface area contributed by atoms with E-state index in [4.69, 9.17) is 14.9 Å². The molecule has 0 spiro atoms. The zero-order valence-corrected chi connectivity index (χ0v) is 9.43. The molecule has 0 fully saturated rings. The second-order valence-corrected chi connectivity index (χ2v) is 3.46. The van der Waals surface area contributed by atoms with Gasteiger partial charge in [-0.25, -0.2) is 4.79 Å². The lowest BCUT2D eigenvalue weighted by molar-refractivity contribution is -0.142. The third-order valence-corrected chi connectivity index (χ3v) is 2.44. The molecule has 0 bridgehead atoms. The lowest BCUT2D eigenvalue weighted by atomic mass is 10.2. The Bertz CT molecular complexity index is 532. The van der Waals surface area contributed by atoms with Crippen LogP contribution in [0.3, 0.4) is 0 Å². The Balaban J connectivity index is 2.28. The van der Waals surface area contributed by atoms with Gasteiger partial charge in [0.1, 0.15) is 0 Å². The van der Waals surface area contributed by atoms with E-state index in [0.29, 0.717) is 17.9 Å². The molecular formula is C12H13NO4. The van der Waals surface area contributed by atoms with Crippen LogP contribution in [0.4, 0.5) is 0 Å². The molecule has 1 aromatic carbocycles. The molecule has 5 nitrogen and oxygen atoms in total. The van der Waals surface area contributed by atoms with Gasteiger partial charge < -0.3 is 19.6 Å². The fraction of sp³-hybridized carbons (Fsp3) is 0.250. The number of hydrogen-bond acceptors (Lipinski definition) is 5. The van der Waals surface area contributed by atoms with Crippen molar-refractivity contribution >= 4 is 16.9 Å². The van der Waals surface area contributed by atoms with Gasteiger partial charge in [0.25, 0.3) is 0 Å². The quantitative estimate of drug-likeness (QED) is 0.811. The van der Waals surface area contributed by atoms with E-state index in [1.807, 2.05) is 12.1 Å². The largest absolute Gasteiger partial charge is 0.478 e. The number of esters is 1. The fourth-order valence-corrected chi connectivity index (χ4v) is 1.55. The Labute approximate surface area is 98.1 Å². The summed E-state index contributed by atoms with van der Waals surface area (Å²) in [5.74, 6) is 0.0696. The molecule has 0 atom stereocenters. The molecule has 0 aliphatic rings. The summed E-state index contributed by atoms with van der Waals surface area (Å²) in [4.78, 5) is 11.0. The van der Waals surface area contributed by atoms with Crippen LogP contribution in [0.1, 0.15) is 5.56 Å². The molecule has 17 heavy (non-hydrogen) atoms. The molecule has 0 amide bonds. The van der Waals surface area contributed by atoms with E-state index in [0.717, 1.165) is 10.9 Å². The van der Waals surface area contributed by atoms with Crippen LogP contribution in [0.2, 0.25) is 0 Å². The number of carbonyl (C=O) groups excluding carboxylic acids is 1. The number of para-hydroxylation sites is 1. The molecule has 2 rings (SSSR count). The minimum absolute atomic E-state index is 0.145. The average Bonchev–Trinajstić information content (AvgIpc) is 2.79. The molecule has 0 aliphatic heterocycles. The van der Waals surface area contributed by atoms with Gasteiger partial charge in [0, 0.05) is 17.5 Å². The summed E-state index contributed by atoms with van der Waals surface area (Å²) < 4.78 is 15.2. The number of rotatable bonds is 4. The van der Waals surface area contributed by atoms with Crippen molar-refractivity contribution in [3.8, 4) is 5.75 Å². The first-order chi connectivity index (χ1) is 8.26. The normalized spacial score (nSPS) is 10.5. The molecule has 0 aliphatic carbocycles. The van der Waals surface area contributed by atoms with Gasteiger partial charge in [-0.1, -0.05) is 12.1 Å². The first kappa shape index (κ1) is 11.5. The number of ether oxygens (including phenoxy) is 2. The SMILES string of the molecule is COC(=O)COc1cccc2c(CN)coc12. The maximum atomic E-state index is 11.0. The van der Waals surface area contributed by atoms with Crippen LogP contribution in [0, 0.1) is 0 Å². The lowest BCUT2D eigenvalue weighted by Gasteiger charge is -2.04. The van der Waals surface area contributed by atoms with Crippen LogP contribution >= 0.6 is 0 Å². The van der Waals surface area contributed by atoms with Gasteiger partial charge in [-0.2, -0.15) is 0 Å². The summed E-state index contributed by atoms with van der Waals surface area (Å²) in [6.07, 6.45) is 1.59. The Morgan fingerprint density at radius 2 is 2.29 bits per heavy atom. The average molecular weight is 235 g/mol. The number of methoxy groups -OCH3 is 1. The summed E-state index contributed by atoms with van der Waals surface area (Å²) in [7, 11) is 1.31. The summed E-state index contributed by atoms with van der Waals surface area (Å²) in [5, 5.41) is 0.898. The van der Waals surface area contributed by atoms with Gasteiger partial charge >= 0.3 is 5.97 Å². The maximum absolute atomic E-state index is 11.0. The highest BCUT2D eigenvalue weighted by molar-refractivity contribution is 5.86. The highest BCUT2D eigenvalue weighted by atomic mass is 16.6. The van der Waals surface area contributed by atoms with Crippen LogP contribution in [-0.4, -0.2) is 19.7 Å². The molecule has 0 saturated heterocycles. The monoisotopic (exact) mass is 235 g/mol. The topological polar surface area (TPSA) is 74.7 Å². The van der Waals surface area contributed by atoms with E-state index in [-0.39, 0.29) is 6.61 Å². The van der Waals surface area contributed by atoms with Crippen LogP contribution in [0.15, 0.2) is 28.9 Å². The molecule has 1 heterocycles. The molecule has 0 saturated carbocycles. The van der Waals surface area contributed by atoms with Gasteiger partial charge in [0.2, 0.25) is 0 Å². The van der Waals surface area contributed by atoms with Gasteiger partial charge in [0.05, 0.1) is 13.4 Å². The molecular weight excluding hydrogens is 222 g/mol. The Morgan fingerprint density at radius 1 is 1.47 bits per heavy atom. The van der Waals surface area contributed by atoms with Crippen molar-refractivity contribution < 1.29 is 18.7 Å². The van der Waals surface area contributed by atoms with Crippen molar-refractivity contribution in [1.29, 1.82) is 0 Å². The van der Waals surface area contributed by atoms with Crippen LogP contribution in [-0.2, 0) is 16.1 Å². The number of furan rings is 1. The number of fused-ring (bicyclic) bond motifs is 1. The molecule has 5 heteroatoms. The highest BCUT2D eigenvalue weighted by Crippen LogP contribution is 2.29. The zero-order chi connectivity index (χ0) is 12.3. The van der Waals surface area contributed by atoms with Crippen LogP contribution in [0.5, 0.6) is 5.75 Å². The van der Waals surface area contributed by atoms with E-state index in [9.17, 15) is 4.79 Å². The zero-order valence-electron chi connectivity index (χ0n) is 9.43. The molecule has 90 valence electrons. The molecule has 2 aromatic rings. The predicted octanol–water partition coefficient (Wildman–Crippen LogP) is 1.44. The Morgan fingerprint density at radius 3 is 3.00 bits per heavy atom.